The molecule has 1 aliphatic heterocycles. The van der Waals surface area contributed by atoms with Gasteiger partial charge in [0, 0.05) is 34.0 Å². The van der Waals surface area contributed by atoms with Crippen molar-refractivity contribution >= 4 is 38.9 Å². The van der Waals surface area contributed by atoms with Crippen LogP contribution in [-0.2, 0) is 11.1 Å². The van der Waals surface area contributed by atoms with Gasteiger partial charge < -0.3 is 19.5 Å². The van der Waals surface area contributed by atoms with Crippen molar-refractivity contribution in [3.8, 4) is 11.1 Å². The Balaban J connectivity index is 1.81. The van der Waals surface area contributed by atoms with E-state index in [0.717, 1.165) is 45.8 Å². The molecule has 0 radical (unpaired) electrons. The molecule has 0 aliphatic carbocycles. The predicted octanol–water partition coefficient (Wildman–Crippen LogP) is 3.83. The molecule has 4 aromatic rings. The minimum atomic E-state index is -2.37. The molecule has 1 aliphatic rings. The predicted molar refractivity (Wildman–Crippen MR) is 127 cm³/mol. The summed E-state index contributed by atoms with van der Waals surface area (Å²) in [6, 6.07) is 10.4. The highest BCUT2D eigenvalue weighted by molar-refractivity contribution is 7.79. The normalized spacial score (nSPS) is 17.2. The van der Waals surface area contributed by atoms with Gasteiger partial charge in [-0.15, -0.1) is 0 Å². The lowest BCUT2D eigenvalue weighted by Crippen LogP contribution is -2.38. The van der Waals surface area contributed by atoms with Crippen LogP contribution in [0.3, 0.4) is 0 Å². The van der Waals surface area contributed by atoms with Crippen molar-refractivity contribution in [3.05, 3.63) is 59.3 Å². The summed E-state index contributed by atoms with van der Waals surface area (Å²) in [7, 11) is 0. The molecule has 5 rings (SSSR count). The number of carbonyl (C=O) groups is 1. The molecule has 7 nitrogen and oxygen atoms in total. The van der Waals surface area contributed by atoms with E-state index in [0.29, 0.717) is 23.3 Å². The third kappa shape index (κ3) is 3.64. The summed E-state index contributed by atoms with van der Waals surface area (Å²) >= 11 is -2.37. The summed E-state index contributed by atoms with van der Waals surface area (Å²) < 4.78 is 23.3. The first-order chi connectivity index (χ1) is 15.9. The number of aliphatic hydroxyl groups is 1. The van der Waals surface area contributed by atoms with Crippen molar-refractivity contribution in [2.45, 2.75) is 37.6 Å². The zero-order valence-electron chi connectivity index (χ0n) is 18.4. The molecule has 33 heavy (non-hydrogen) atoms. The molecule has 2 N–H and O–H groups in total. The van der Waals surface area contributed by atoms with Crippen LogP contribution in [0.15, 0.2) is 47.5 Å². The van der Waals surface area contributed by atoms with Gasteiger partial charge in [0.15, 0.2) is 0 Å². The minimum Gasteiger partial charge on any atom is -0.768 e. The largest absolute Gasteiger partial charge is 0.768 e. The number of aromatic amines is 1. The van der Waals surface area contributed by atoms with E-state index in [1.54, 1.807) is 29.3 Å². The van der Waals surface area contributed by atoms with Gasteiger partial charge in [-0.3, -0.25) is 9.00 Å². The lowest BCUT2D eigenvalue weighted by atomic mass is 9.93. The van der Waals surface area contributed by atoms with Crippen LogP contribution in [0.5, 0.6) is 0 Å². The van der Waals surface area contributed by atoms with Gasteiger partial charge in [0.1, 0.15) is 5.65 Å². The maximum absolute atomic E-state index is 13.6. The van der Waals surface area contributed by atoms with Gasteiger partial charge in [-0.2, -0.15) is 0 Å². The number of amides is 1. The number of aromatic nitrogens is 2. The Morgan fingerprint density at radius 1 is 1.30 bits per heavy atom. The van der Waals surface area contributed by atoms with Crippen molar-refractivity contribution in [1.29, 1.82) is 0 Å². The Bertz CT molecular complexity index is 1430. The third-order valence-corrected chi connectivity index (χ3v) is 7.18. The number of aryl methyl sites for hydroxylation is 2. The third-order valence-electron chi connectivity index (χ3n) is 6.54. The van der Waals surface area contributed by atoms with Gasteiger partial charge in [-0.05, 0) is 84.3 Å². The first-order valence-corrected chi connectivity index (χ1v) is 12.0. The number of carbonyl (C=O) groups excluding carboxylic acids is 1. The fourth-order valence-electron chi connectivity index (χ4n) is 4.86. The van der Waals surface area contributed by atoms with Crippen LogP contribution >= 0.6 is 0 Å². The van der Waals surface area contributed by atoms with E-state index in [2.05, 4.69) is 9.97 Å². The quantitative estimate of drug-likeness (QED) is 0.448. The Labute approximate surface area is 193 Å². The van der Waals surface area contributed by atoms with Crippen molar-refractivity contribution in [2.24, 2.45) is 0 Å². The molecule has 0 saturated carbocycles. The van der Waals surface area contributed by atoms with E-state index in [1.165, 1.54) is 0 Å². The summed E-state index contributed by atoms with van der Waals surface area (Å²) in [5.41, 5.74) is 5.34. The van der Waals surface area contributed by atoms with Crippen LogP contribution < -0.4 is 0 Å². The highest BCUT2D eigenvalue weighted by atomic mass is 32.2. The van der Waals surface area contributed by atoms with E-state index < -0.39 is 11.1 Å². The standard InChI is InChI=1S/C25H25N3O4S/c1-14-9-21-22-20(16-5-3-7-18(10-16)33(31)32)11-19(15(2)23(22)27-24(21)26-12-14)25(30)28-8-4-6-17(28)13-29/h3,5,7,9-12,17,29H,4,6,8,13H2,1-2H3,(H,26,27)(H,31,32)/p-1. The molecule has 8 heteroatoms. The number of benzene rings is 2. The number of likely N-dealkylation sites (tertiary alicyclic amines) is 1. The molecule has 3 heterocycles. The number of rotatable bonds is 4. The fraction of sp³-hybridized carbons (Fsp3) is 0.280. The topological polar surface area (TPSA) is 109 Å². The molecule has 2 aromatic heterocycles. The smallest absolute Gasteiger partial charge is 0.254 e. The van der Waals surface area contributed by atoms with E-state index in [-0.39, 0.29) is 23.5 Å². The molecular formula is C25H24N3O4S-. The van der Waals surface area contributed by atoms with Gasteiger partial charge in [0.05, 0.1) is 18.2 Å². The molecule has 170 valence electrons. The van der Waals surface area contributed by atoms with Crippen LogP contribution in [0.1, 0.15) is 34.3 Å². The van der Waals surface area contributed by atoms with Gasteiger partial charge in [-0.25, -0.2) is 4.98 Å². The van der Waals surface area contributed by atoms with Crippen LogP contribution in [0.4, 0.5) is 0 Å². The second-order valence-corrected chi connectivity index (χ2v) is 9.56. The van der Waals surface area contributed by atoms with Crippen molar-refractivity contribution in [2.75, 3.05) is 13.2 Å². The summed E-state index contributed by atoms with van der Waals surface area (Å²) in [5, 5.41) is 11.6. The maximum Gasteiger partial charge on any atom is 0.254 e. The average molecular weight is 463 g/mol. The van der Waals surface area contributed by atoms with Crippen molar-refractivity contribution in [3.63, 3.8) is 0 Å². The van der Waals surface area contributed by atoms with E-state index in [4.69, 9.17) is 0 Å². The van der Waals surface area contributed by atoms with Crippen molar-refractivity contribution in [1.82, 2.24) is 14.9 Å². The lowest BCUT2D eigenvalue weighted by Gasteiger charge is -2.24. The number of nitrogens with one attached hydrogen (secondary N) is 1. The van der Waals surface area contributed by atoms with Gasteiger partial charge in [-0.1, -0.05) is 12.1 Å². The fourth-order valence-corrected chi connectivity index (χ4v) is 5.27. The van der Waals surface area contributed by atoms with Gasteiger partial charge in [0.2, 0.25) is 0 Å². The molecule has 2 aromatic carbocycles. The molecule has 2 unspecified atom stereocenters. The molecule has 0 bridgehead atoms. The molecule has 1 amide bonds. The zero-order valence-corrected chi connectivity index (χ0v) is 19.2. The second kappa shape index (κ2) is 8.37. The maximum atomic E-state index is 13.6. The Morgan fingerprint density at radius 3 is 2.88 bits per heavy atom. The average Bonchev–Trinajstić information content (AvgIpc) is 3.44. The minimum absolute atomic E-state index is 0.0627. The SMILES string of the molecule is Cc1cnc2[nH]c3c(C)c(C(=O)N4CCCC4CO)cc(-c4cccc(S(=O)[O-])c4)c3c2c1. The monoisotopic (exact) mass is 462 g/mol. The number of hydrogen-bond acceptors (Lipinski definition) is 5. The first kappa shape index (κ1) is 21.8. The number of hydrogen-bond donors (Lipinski definition) is 2. The van der Waals surface area contributed by atoms with Gasteiger partial charge in [0.25, 0.3) is 5.91 Å². The number of nitrogens with zero attached hydrogens (tertiary/aromatic N) is 2. The number of H-pyrrole nitrogens is 1. The van der Waals surface area contributed by atoms with Crippen LogP contribution in [0.25, 0.3) is 33.1 Å². The molecule has 1 saturated heterocycles. The molecule has 2 atom stereocenters. The summed E-state index contributed by atoms with van der Waals surface area (Å²) in [6.45, 7) is 4.43. The first-order valence-electron chi connectivity index (χ1n) is 10.9. The lowest BCUT2D eigenvalue weighted by molar-refractivity contribution is 0.0677. The molecular weight excluding hydrogens is 438 g/mol. The Morgan fingerprint density at radius 2 is 2.12 bits per heavy atom. The van der Waals surface area contributed by atoms with Gasteiger partial charge >= 0.3 is 0 Å². The van der Waals surface area contributed by atoms with E-state index >= 15 is 0 Å². The Hall–Kier alpha value is -3.07. The van der Waals surface area contributed by atoms with E-state index in [9.17, 15) is 18.7 Å². The van der Waals surface area contributed by atoms with Crippen LogP contribution in [-0.4, -0.2) is 53.8 Å². The van der Waals surface area contributed by atoms with E-state index in [1.807, 2.05) is 32.0 Å². The Kier molecular flexibility index (Phi) is 5.52. The van der Waals surface area contributed by atoms with Crippen LogP contribution in [0.2, 0.25) is 0 Å². The van der Waals surface area contributed by atoms with Crippen LogP contribution in [0, 0.1) is 13.8 Å². The molecule has 0 spiro atoms. The van der Waals surface area contributed by atoms with Crippen molar-refractivity contribution < 1.29 is 18.7 Å². The number of aliphatic hydroxyl groups excluding tert-OH is 1. The highest BCUT2D eigenvalue weighted by Gasteiger charge is 2.31. The second-order valence-electron chi connectivity index (χ2n) is 8.62. The highest BCUT2D eigenvalue weighted by Crippen LogP contribution is 2.39. The number of fused-ring (bicyclic) bond motifs is 3. The summed E-state index contributed by atoms with van der Waals surface area (Å²) in [4.78, 5) is 23.4. The summed E-state index contributed by atoms with van der Waals surface area (Å²) in [6.07, 6.45) is 3.43. The molecule has 1 fully saturated rings. The summed E-state index contributed by atoms with van der Waals surface area (Å²) in [5.74, 6) is -0.126. The zero-order chi connectivity index (χ0) is 23.3. The number of pyridine rings is 1.